The second-order valence-electron chi connectivity index (χ2n) is 6.40. The summed E-state index contributed by atoms with van der Waals surface area (Å²) in [6.07, 6.45) is 7.88. The van der Waals surface area contributed by atoms with Crippen LogP contribution in [0.2, 0.25) is 0 Å². The summed E-state index contributed by atoms with van der Waals surface area (Å²) in [6, 6.07) is 16.1. The summed E-state index contributed by atoms with van der Waals surface area (Å²) in [4.78, 5) is 16.5. The molecule has 0 atom stereocenters. The third kappa shape index (κ3) is 5.04. The average Bonchev–Trinajstić information content (AvgIpc) is 3.00. The first-order chi connectivity index (χ1) is 12.7. The van der Waals surface area contributed by atoms with E-state index in [1.54, 1.807) is 6.08 Å². The van der Waals surface area contributed by atoms with Gasteiger partial charge in [0, 0.05) is 9.13 Å². The zero-order valence-electron chi connectivity index (χ0n) is 14.9. The second-order valence-corrected chi connectivity index (χ2v) is 7.64. The van der Waals surface area contributed by atoms with Gasteiger partial charge in [-0.25, -0.2) is 9.79 Å². The van der Waals surface area contributed by atoms with Crippen LogP contribution in [0.5, 0.6) is 0 Å². The molecule has 1 aliphatic heterocycles. The largest absolute Gasteiger partial charge is 0.402 e. The van der Waals surface area contributed by atoms with Crippen molar-refractivity contribution in [3.05, 3.63) is 74.5 Å². The molecule has 0 aliphatic carbocycles. The van der Waals surface area contributed by atoms with E-state index in [0.717, 1.165) is 21.1 Å². The number of carbonyl (C=O) groups is 1. The fourth-order valence-corrected chi connectivity index (χ4v) is 3.42. The van der Waals surface area contributed by atoms with Crippen molar-refractivity contribution in [2.45, 2.75) is 39.0 Å². The maximum absolute atomic E-state index is 12.1. The zero-order chi connectivity index (χ0) is 18.4. The van der Waals surface area contributed by atoms with Crippen LogP contribution >= 0.6 is 22.6 Å². The standard InChI is InChI=1S/C22H22INO2/c1-2-3-4-5-7-16-10-12-18(13-11-16)21-24-20(22(25)26-21)15-17-8-6-9-19(23)14-17/h6,8-15H,2-5,7H2,1H3/b20-15-. The number of unbranched alkanes of at least 4 members (excludes halogenated alkanes) is 3. The van der Waals surface area contributed by atoms with Crippen molar-refractivity contribution >= 4 is 40.5 Å². The van der Waals surface area contributed by atoms with Gasteiger partial charge in [-0.3, -0.25) is 0 Å². The van der Waals surface area contributed by atoms with Crippen LogP contribution in [0, 0.1) is 3.57 Å². The molecule has 0 aromatic heterocycles. The van der Waals surface area contributed by atoms with E-state index < -0.39 is 5.97 Å². The minimum Gasteiger partial charge on any atom is -0.402 e. The maximum Gasteiger partial charge on any atom is 0.363 e. The number of esters is 1. The van der Waals surface area contributed by atoms with Gasteiger partial charge in [0.25, 0.3) is 0 Å². The molecule has 1 heterocycles. The predicted octanol–water partition coefficient (Wildman–Crippen LogP) is 5.76. The SMILES string of the molecule is CCCCCCc1ccc(C2=N/C(=C\c3cccc(I)c3)C(=O)O2)cc1. The highest BCUT2D eigenvalue weighted by Gasteiger charge is 2.24. The number of hydrogen-bond donors (Lipinski definition) is 0. The van der Waals surface area contributed by atoms with Crippen LogP contribution in [0.3, 0.4) is 0 Å². The van der Waals surface area contributed by atoms with Crippen molar-refractivity contribution in [3.8, 4) is 0 Å². The number of aryl methyl sites for hydroxylation is 1. The smallest absolute Gasteiger partial charge is 0.363 e. The highest BCUT2D eigenvalue weighted by molar-refractivity contribution is 14.1. The van der Waals surface area contributed by atoms with Gasteiger partial charge in [-0.05, 0) is 76.9 Å². The summed E-state index contributed by atoms with van der Waals surface area (Å²) in [5.41, 5.74) is 3.42. The zero-order valence-corrected chi connectivity index (χ0v) is 17.0. The van der Waals surface area contributed by atoms with E-state index in [0.29, 0.717) is 11.6 Å². The Bertz CT molecular complexity index is 837. The van der Waals surface area contributed by atoms with Gasteiger partial charge in [-0.2, -0.15) is 0 Å². The lowest BCUT2D eigenvalue weighted by molar-refractivity contribution is -0.129. The Morgan fingerprint density at radius 1 is 1.08 bits per heavy atom. The van der Waals surface area contributed by atoms with Gasteiger partial charge in [0.15, 0.2) is 5.70 Å². The van der Waals surface area contributed by atoms with Crippen LogP contribution in [0.1, 0.15) is 49.3 Å². The molecule has 3 rings (SSSR count). The van der Waals surface area contributed by atoms with Crippen LogP contribution in [0.4, 0.5) is 0 Å². The van der Waals surface area contributed by atoms with E-state index in [-0.39, 0.29) is 0 Å². The molecule has 134 valence electrons. The van der Waals surface area contributed by atoms with Gasteiger partial charge < -0.3 is 4.74 Å². The number of carbonyl (C=O) groups excluding carboxylic acids is 1. The summed E-state index contributed by atoms with van der Waals surface area (Å²) in [5, 5.41) is 0. The quantitative estimate of drug-likeness (QED) is 0.229. The highest BCUT2D eigenvalue weighted by atomic mass is 127. The third-order valence-corrected chi connectivity index (χ3v) is 4.96. The Morgan fingerprint density at radius 2 is 1.88 bits per heavy atom. The predicted molar refractivity (Wildman–Crippen MR) is 114 cm³/mol. The van der Waals surface area contributed by atoms with Crippen molar-refractivity contribution in [3.63, 3.8) is 0 Å². The molecule has 26 heavy (non-hydrogen) atoms. The number of benzene rings is 2. The summed E-state index contributed by atoms with van der Waals surface area (Å²) in [6.45, 7) is 2.22. The molecule has 1 aliphatic rings. The summed E-state index contributed by atoms with van der Waals surface area (Å²) >= 11 is 2.25. The number of hydrogen-bond acceptors (Lipinski definition) is 3. The fraction of sp³-hybridized carbons (Fsp3) is 0.273. The van der Waals surface area contributed by atoms with Crippen LogP contribution in [0.25, 0.3) is 6.08 Å². The van der Waals surface area contributed by atoms with E-state index >= 15 is 0 Å². The van der Waals surface area contributed by atoms with Crippen LogP contribution in [-0.2, 0) is 16.0 Å². The molecular weight excluding hydrogens is 437 g/mol. The molecule has 0 saturated carbocycles. The van der Waals surface area contributed by atoms with Crippen LogP contribution < -0.4 is 0 Å². The number of nitrogens with zero attached hydrogens (tertiary/aromatic N) is 1. The van der Waals surface area contributed by atoms with E-state index in [2.05, 4.69) is 46.6 Å². The average molecular weight is 459 g/mol. The number of rotatable bonds is 7. The van der Waals surface area contributed by atoms with E-state index in [9.17, 15) is 4.79 Å². The van der Waals surface area contributed by atoms with Crippen molar-refractivity contribution in [2.24, 2.45) is 4.99 Å². The molecule has 3 nitrogen and oxygen atoms in total. The van der Waals surface area contributed by atoms with Gasteiger partial charge in [-0.15, -0.1) is 0 Å². The molecule has 4 heteroatoms. The Kier molecular flexibility index (Phi) is 6.61. The third-order valence-electron chi connectivity index (χ3n) is 4.29. The lowest BCUT2D eigenvalue weighted by atomic mass is 10.0. The van der Waals surface area contributed by atoms with Gasteiger partial charge in [0.1, 0.15) is 0 Å². The highest BCUT2D eigenvalue weighted by Crippen LogP contribution is 2.20. The van der Waals surface area contributed by atoms with Crippen LogP contribution in [-0.4, -0.2) is 11.9 Å². The van der Waals surface area contributed by atoms with Crippen molar-refractivity contribution in [2.75, 3.05) is 0 Å². The fourth-order valence-electron chi connectivity index (χ4n) is 2.86. The number of halogens is 1. The molecule has 0 fully saturated rings. The number of aliphatic imine (C=N–C) groups is 1. The molecule has 0 N–H and O–H groups in total. The Labute approximate surface area is 168 Å². The monoisotopic (exact) mass is 459 g/mol. The van der Waals surface area contributed by atoms with Crippen molar-refractivity contribution in [1.82, 2.24) is 0 Å². The van der Waals surface area contributed by atoms with E-state index in [1.165, 1.54) is 31.2 Å². The minimum absolute atomic E-state index is 0.339. The molecular formula is C22H22INO2. The molecule has 0 unspecified atom stereocenters. The van der Waals surface area contributed by atoms with Gasteiger partial charge in [0.05, 0.1) is 0 Å². The Morgan fingerprint density at radius 3 is 2.62 bits per heavy atom. The van der Waals surface area contributed by atoms with Crippen molar-refractivity contribution < 1.29 is 9.53 Å². The normalized spacial score (nSPS) is 15.2. The first kappa shape index (κ1) is 18.8. The molecule has 2 aromatic rings. The second kappa shape index (κ2) is 9.12. The number of cyclic esters (lactones) is 1. The first-order valence-corrected chi connectivity index (χ1v) is 10.1. The molecule has 0 radical (unpaired) electrons. The van der Waals surface area contributed by atoms with Gasteiger partial charge in [0.2, 0.25) is 5.90 Å². The van der Waals surface area contributed by atoms with Crippen molar-refractivity contribution in [1.29, 1.82) is 0 Å². The van der Waals surface area contributed by atoms with E-state index in [1.807, 2.05) is 36.4 Å². The number of ether oxygens (including phenoxy) is 1. The Hall–Kier alpha value is -1.95. The van der Waals surface area contributed by atoms with Crippen LogP contribution in [0.15, 0.2) is 59.2 Å². The summed E-state index contributed by atoms with van der Waals surface area (Å²) in [5.74, 6) is -0.0214. The molecule has 0 saturated heterocycles. The first-order valence-electron chi connectivity index (χ1n) is 9.03. The summed E-state index contributed by atoms with van der Waals surface area (Å²) < 4.78 is 6.47. The lowest BCUT2D eigenvalue weighted by Crippen LogP contribution is -2.05. The Balaban J connectivity index is 1.70. The van der Waals surface area contributed by atoms with E-state index in [4.69, 9.17) is 4.74 Å². The van der Waals surface area contributed by atoms with Gasteiger partial charge >= 0.3 is 5.97 Å². The molecule has 0 spiro atoms. The topological polar surface area (TPSA) is 38.7 Å². The minimum atomic E-state index is -0.400. The van der Waals surface area contributed by atoms with Gasteiger partial charge in [-0.1, -0.05) is 50.5 Å². The molecule has 0 bridgehead atoms. The summed E-state index contributed by atoms with van der Waals surface area (Å²) in [7, 11) is 0. The maximum atomic E-state index is 12.1. The molecule has 2 aromatic carbocycles. The molecule has 0 amide bonds. The lowest BCUT2D eigenvalue weighted by Gasteiger charge is -2.03.